The number of nitrogens with one attached hydrogen (secondary N) is 1. The summed E-state index contributed by atoms with van der Waals surface area (Å²) < 4.78 is 56.5. The fraction of sp³-hybridized carbons (Fsp3) is 0.289. The predicted octanol–water partition coefficient (Wildman–Crippen LogP) is 6.85. The van der Waals surface area contributed by atoms with Crippen LogP contribution in [0.2, 0.25) is 0 Å². The van der Waals surface area contributed by atoms with Crippen molar-refractivity contribution >= 4 is 11.4 Å². The van der Waals surface area contributed by atoms with E-state index in [1.165, 1.54) is 29.1 Å². The molecule has 61 heavy (non-hydrogen) atoms. The molecule has 3 aromatic heterocycles. The van der Waals surface area contributed by atoms with E-state index in [0.29, 0.717) is 18.6 Å². The Morgan fingerprint density at radius 1 is 0.820 bits per heavy atom. The zero-order valence-electron chi connectivity index (χ0n) is 33.7. The van der Waals surface area contributed by atoms with Crippen molar-refractivity contribution < 1.29 is 23.0 Å². The molecule has 4 heterocycles. The maximum absolute atomic E-state index is 16.2. The van der Waals surface area contributed by atoms with Gasteiger partial charge >= 0.3 is 11.6 Å². The first-order valence-electron chi connectivity index (χ1n) is 20.1. The summed E-state index contributed by atoms with van der Waals surface area (Å²) in [6, 6.07) is 32.9. The first-order valence-corrected chi connectivity index (χ1v) is 20.1. The van der Waals surface area contributed by atoms with E-state index in [1.807, 2.05) is 92.7 Å². The minimum Gasteiger partial charge on any atom is -0.378 e. The number of ether oxygens (including phenoxy) is 1. The van der Waals surface area contributed by atoms with E-state index >= 15 is 8.78 Å². The highest BCUT2D eigenvalue weighted by Crippen LogP contribution is 2.47. The number of aliphatic hydroxyl groups is 1. The number of pyridine rings is 1. The summed E-state index contributed by atoms with van der Waals surface area (Å²) >= 11 is 0. The van der Waals surface area contributed by atoms with Gasteiger partial charge in [0.2, 0.25) is 0 Å². The summed E-state index contributed by atoms with van der Waals surface area (Å²) in [6.07, 6.45) is 2.56. The van der Waals surface area contributed by atoms with Gasteiger partial charge in [-0.15, -0.1) is 5.10 Å². The van der Waals surface area contributed by atoms with Gasteiger partial charge in [0.25, 0.3) is 0 Å². The number of anilines is 2. The summed E-state index contributed by atoms with van der Waals surface area (Å²) in [5.74, 6) is -5.18. The maximum Gasteiger partial charge on any atom is 0.350 e. The molecule has 16 heteroatoms. The van der Waals surface area contributed by atoms with Crippen molar-refractivity contribution in [1.29, 1.82) is 0 Å². The number of halogens is 3. The van der Waals surface area contributed by atoms with Gasteiger partial charge in [-0.05, 0) is 83.4 Å². The van der Waals surface area contributed by atoms with Gasteiger partial charge in [-0.25, -0.2) is 23.5 Å². The number of H-pyrrole nitrogens is 1. The molecule has 0 radical (unpaired) electrons. The molecule has 0 spiro atoms. The largest absolute Gasteiger partial charge is 0.378 e. The number of aromatic nitrogens is 8. The van der Waals surface area contributed by atoms with Crippen LogP contribution in [-0.2, 0) is 29.3 Å². The van der Waals surface area contributed by atoms with Crippen LogP contribution in [0.15, 0.2) is 133 Å². The normalized spacial score (nSPS) is 15.4. The first kappa shape index (κ1) is 41.1. The third-order valence-electron chi connectivity index (χ3n) is 11.4. The van der Waals surface area contributed by atoms with Crippen LogP contribution in [0.3, 0.4) is 0 Å². The van der Waals surface area contributed by atoms with Crippen LogP contribution in [-0.4, -0.2) is 77.3 Å². The molecule has 2 N–H and O–H groups in total. The van der Waals surface area contributed by atoms with Gasteiger partial charge in [-0.3, -0.25) is 4.98 Å². The Morgan fingerprint density at radius 2 is 1.44 bits per heavy atom. The molecule has 1 fully saturated rings. The lowest BCUT2D eigenvalue weighted by Crippen LogP contribution is -2.46. The number of rotatable bonds is 15. The number of hydrogen-bond donors (Lipinski definition) is 2. The number of nitrogens with zero attached hydrogens (tertiary/aromatic N) is 9. The lowest BCUT2D eigenvalue weighted by molar-refractivity contribution is -0.199. The van der Waals surface area contributed by atoms with E-state index in [-0.39, 0.29) is 23.7 Å². The van der Waals surface area contributed by atoms with Crippen molar-refractivity contribution in [2.24, 2.45) is 0 Å². The second-order valence-corrected chi connectivity index (χ2v) is 15.1. The summed E-state index contributed by atoms with van der Waals surface area (Å²) in [5, 5.41) is 28.8. The molecular formula is C45H45F3N10O3. The topological polar surface area (TPSA) is 143 Å². The van der Waals surface area contributed by atoms with E-state index < -0.39 is 35.0 Å². The van der Waals surface area contributed by atoms with E-state index in [4.69, 9.17) is 4.74 Å². The van der Waals surface area contributed by atoms with Crippen molar-refractivity contribution in [2.45, 2.75) is 57.0 Å². The molecule has 8 rings (SSSR count). The zero-order chi connectivity index (χ0) is 42.6. The Balaban J connectivity index is 0.883. The van der Waals surface area contributed by atoms with E-state index in [2.05, 4.69) is 40.5 Å². The van der Waals surface area contributed by atoms with Gasteiger partial charge in [-0.2, -0.15) is 13.9 Å². The van der Waals surface area contributed by atoms with Crippen molar-refractivity contribution in [3.05, 3.63) is 167 Å². The number of tetrazole rings is 1. The Hall–Kier alpha value is -6.65. The monoisotopic (exact) mass is 830 g/mol. The average Bonchev–Trinajstić information content (AvgIpc) is 3.96. The van der Waals surface area contributed by atoms with Gasteiger partial charge in [0, 0.05) is 61.3 Å². The van der Waals surface area contributed by atoms with Crippen LogP contribution in [0, 0.1) is 5.82 Å². The van der Waals surface area contributed by atoms with Gasteiger partial charge in [0.05, 0.1) is 24.4 Å². The smallest absolute Gasteiger partial charge is 0.350 e. The molecule has 0 amide bonds. The van der Waals surface area contributed by atoms with Crippen molar-refractivity contribution in [3.8, 4) is 16.8 Å². The third-order valence-corrected chi connectivity index (χ3v) is 11.4. The third kappa shape index (κ3) is 8.41. The maximum atomic E-state index is 16.2. The molecule has 1 aliphatic rings. The molecule has 13 nitrogen and oxygen atoms in total. The van der Waals surface area contributed by atoms with Crippen LogP contribution in [0.4, 0.5) is 24.5 Å². The Morgan fingerprint density at radius 3 is 2.05 bits per heavy atom. The van der Waals surface area contributed by atoms with Crippen molar-refractivity contribution in [1.82, 2.24) is 40.0 Å². The zero-order valence-corrected chi connectivity index (χ0v) is 33.7. The summed E-state index contributed by atoms with van der Waals surface area (Å²) in [5.41, 5.74) is 0.631. The number of benzene rings is 4. The highest BCUT2D eigenvalue weighted by Gasteiger charge is 2.57. The molecule has 0 bridgehead atoms. The molecular weight excluding hydrogens is 786 g/mol. The number of hydrogen-bond acceptors (Lipinski definition) is 10. The Labute approximate surface area is 350 Å². The van der Waals surface area contributed by atoms with Crippen LogP contribution >= 0.6 is 0 Å². The highest BCUT2D eigenvalue weighted by atomic mass is 19.3. The van der Waals surface area contributed by atoms with Crippen molar-refractivity contribution in [2.75, 3.05) is 36.0 Å². The molecule has 4 aromatic carbocycles. The number of alkyl halides is 2. The molecule has 1 saturated heterocycles. The average molecular weight is 831 g/mol. The van der Waals surface area contributed by atoms with E-state index in [0.717, 1.165) is 72.6 Å². The van der Waals surface area contributed by atoms with Gasteiger partial charge < -0.3 is 19.6 Å². The quantitative estimate of drug-likeness (QED) is 0.113. The predicted molar refractivity (Wildman–Crippen MR) is 224 cm³/mol. The molecule has 0 saturated carbocycles. The molecule has 7 aromatic rings. The number of aromatic amines is 1. The molecule has 314 valence electrons. The van der Waals surface area contributed by atoms with Gasteiger partial charge in [0.15, 0.2) is 11.4 Å². The van der Waals surface area contributed by atoms with Crippen LogP contribution in [0.1, 0.15) is 49.0 Å². The Bertz CT molecular complexity index is 2560. The van der Waals surface area contributed by atoms with Gasteiger partial charge in [0.1, 0.15) is 17.8 Å². The summed E-state index contributed by atoms with van der Waals surface area (Å²) in [6.45, 7) is 7.57. The van der Waals surface area contributed by atoms with Crippen molar-refractivity contribution in [3.63, 3.8) is 0 Å². The van der Waals surface area contributed by atoms with E-state index in [1.54, 1.807) is 10.9 Å². The van der Waals surface area contributed by atoms with Gasteiger partial charge in [-0.1, -0.05) is 73.7 Å². The lowest BCUT2D eigenvalue weighted by Gasteiger charge is -2.37. The highest BCUT2D eigenvalue weighted by molar-refractivity contribution is 5.66. The minimum absolute atomic E-state index is 0.144. The summed E-state index contributed by atoms with van der Waals surface area (Å²) in [4.78, 5) is 22.2. The van der Waals surface area contributed by atoms with Crippen LogP contribution in [0.5, 0.6) is 0 Å². The Kier molecular flexibility index (Phi) is 11.8. The molecule has 0 aliphatic carbocycles. The lowest BCUT2D eigenvalue weighted by atomic mass is 9.81. The first-order chi connectivity index (χ1) is 29.6. The van der Waals surface area contributed by atoms with Crippen LogP contribution in [0.25, 0.3) is 16.8 Å². The fourth-order valence-corrected chi connectivity index (χ4v) is 7.88. The number of piperazine rings is 1. The molecule has 3 atom stereocenters. The SMILES string of the molecule is CC[C@@H]([C@H](C)OCc1ccccc1)n1ncn(-c2ccc(N3CCN(c4ccc(-c5ccc(C(F)(F)C(O)(Cc6nnn[nH]6)c6ccccc6F)nc5)cc4)CC3)cc2)c1=O. The second kappa shape index (κ2) is 17.5. The van der Waals surface area contributed by atoms with E-state index in [9.17, 15) is 14.3 Å². The second-order valence-electron chi connectivity index (χ2n) is 15.1. The molecule has 1 unspecified atom stereocenters. The minimum atomic E-state index is -4.03. The fourth-order valence-electron chi connectivity index (χ4n) is 7.88. The summed E-state index contributed by atoms with van der Waals surface area (Å²) in [7, 11) is 0. The standard InChI is InChI=1S/C45H45F3N10O3/c1-3-40(31(2)61-29-32-9-5-4-6-10-32)58-43(59)57(30-50-58)37-20-18-36(19-21-37)56-25-23-55(24-26-56)35-16-13-33(14-17-35)34-15-22-41(49-28-34)45(47,48)44(60,27-42-51-53-54-52-42)38-11-7-8-12-39(38)46/h4-22,28,30-31,40,60H,3,23-27,29H2,1-2H3,(H,51,52,53,54)/t31-,40-,44?/m0/s1. The van der Waals surface area contributed by atoms with Crippen LogP contribution < -0.4 is 15.5 Å². The molecule has 1 aliphatic heterocycles.